The third kappa shape index (κ3) is 5.32. The lowest BCUT2D eigenvalue weighted by Gasteiger charge is -2.07. The Kier molecular flexibility index (Phi) is 6.46. The van der Waals surface area contributed by atoms with Gasteiger partial charge in [-0.3, -0.25) is 19.7 Å². The summed E-state index contributed by atoms with van der Waals surface area (Å²) >= 11 is 5.73. The number of fused-ring (bicyclic) bond motifs is 1. The van der Waals surface area contributed by atoms with Crippen LogP contribution in [-0.4, -0.2) is 28.4 Å². The first-order valence-electron chi connectivity index (χ1n) is 8.88. The van der Waals surface area contributed by atoms with Crippen LogP contribution in [0.15, 0.2) is 48.7 Å². The molecule has 2 N–H and O–H groups in total. The van der Waals surface area contributed by atoms with Crippen LogP contribution in [0.3, 0.4) is 0 Å². The maximum absolute atomic E-state index is 11.9. The maximum Gasteiger partial charge on any atom is 0.306 e. The average molecular weight is 416 g/mol. The van der Waals surface area contributed by atoms with Crippen molar-refractivity contribution in [1.29, 1.82) is 0 Å². The molecule has 0 fully saturated rings. The summed E-state index contributed by atoms with van der Waals surface area (Å²) in [6.07, 6.45) is 3.35. The third-order valence-electron chi connectivity index (χ3n) is 4.30. The smallest absolute Gasteiger partial charge is 0.306 e. The first-order chi connectivity index (χ1) is 13.9. The normalized spacial score (nSPS) is 10.7. The van der Waals surface area contributed by atoms with Gasteiger partial charge in [-0.15, -0.1) is 0 Å². The number of aromatic nitrogens is 1. The fourth-order valence-corrected chi connectivity index (χ4v) is 3.09. The van der Waals surface area contributed by atoms with Crippen LogP contribution >= 0.6 is 11.6 Å². The van der Waals surface area contributed by atoms with E-state index in [0.717, 1.165) is 22.5 Å². The molecule has 150 valence electrons. The summed E-state index contributed by atoms with van der Waals surface area (Å²) in [4.78, 5) is 37.4. The summed E-state index contributed by atoms with van der Waals surface area (Å²) in [6, 6.07) is 11.8. The minimum atomic E-state index is -0.666. The van der Waals surface area contributed by atoms with E-state index in [9.17, 15) is 19.7 Å². The SMILES string of the molecule is O=C(COC(=O)CCCc1c[nH]c2ccccc12)Nc1ccc(Cl)cc1[N+](=O)[O-]. The number of carbonyl (C=O) groups excluding carboxylic acids is 2. The molecule has 1 heterocycles. The Balaban J connectivity index is 1.45. The number of H-pyrrole nitrogens is 1. The summed E-state index contributed by atoms with van der Waals surface area (Å²) in [5, 5.41) is 14.7. The fourth-order valence-electron chi connectivity index (χ4n) is 2.93. The number of esters is 1. The Bertz CT molecular complexity index is 1060. The summed E-state index contributed by atoms with van der Waals surface area (Å²) in [7, 11) is 0. The summed E-state index contributed by atoms with van der Waals surface area (Å²) < 4.78 is 4.95. The highest BCUT2D eigenvalue weighted by molar-refractivity contribution is 6.31. The molecule has 0 unspecified atom stereocenters. The molecule has 0 spiro atoms. The van der Waals surface area contributed by atoms with Gasteiger partial charge in [0.2, 0.25) is 0 Å². The Morgan fingerprint density at radius 3 is 2.79 bits per heavy atom. The number of nitrogens with zero attached hydrogens (tertiary/aromatic N) is 1. The quantitative estimate of drug-likeness (QED) is 0.324. The van der Waals surface area contributed by atoms with Crippen molar-refractivity contribution in [1.82, 2.24) is 4.98 Å². The van der Waals surface area contributed by atoms with Gasteiger partial charge in [0.25, 0.3) is 11.6 Å². The van der Waals surface area contributed by atoms with Gasteiger partial charge in [-0.25, -0.2) is 0 Å². The highest BCUT2D eigenvalue weighted by atomic mass is 35.5. The first kappa shape index (κ1) is 20.3. The van der Waals surface area contributed by atoms with Crippen molar-refractivity contribution in [2.24, 2.45) is 0 Å². The molecule has 0 saturated carbocycles. The molecule has 29 heavy (non-hydrogen) atoms. The number of aryl methyl sites for hydroxylation is 1. The molecule has 0 bridgehead atoms. The number of ether oxygens (including phenoxy) is 1. The Morgan fingerprint density at radius 1 is 1.21 bits per heavy atom. The van der Waals surface area contributed by atoms with Gasteiger partial charge in [-0.1, -0.05) is 29.8 Å². The van der Waals surface area contributed by atoms with Gasteiger partial charge in [0.15, 0.2) is 6.61 Å². The molecule has 8 nitrogen and oxygen atoms in total. The van der Waals surface area contributed by atoms with Gasteiger partial charge in [0.1, 0.15) is 5.69 Å². The van der Waals surface area contributed by atoms with Crippen LogP contribution in [0, 0.1) is 10.1 Å². The summed E-state index contributed by atoms with van der Waals surface area (Å²) in [6.45, 7) is -0.522. The molecule has 1 aromatic heterocycles. The van der Waals surface area contributed by atoms with E-state index >= 15 is 0 Å². The topological polar surface area (TPSA) is 114 Å². The van der Waals surface area contributed by atoms with Gasteiger partial charge in [-0.05, 0) is 36.6 Å². The van der Waals surface area contributed by atoms with Crippen LogP contribution in [-0.2, 0) is 20.7 Å². The Labute approximate surface area is 171 Å². The number of halogens is 1. The fraction of sp³-hybridized carbons (Fsp3) is 0.200. The zero-order valence-corrected chi connectivity index (χ0v) is 16.1. The zero-order chi connectivity index (χ0) is 20.8. The number of nitrogens with one attached hydrogen (secondary N) is 2. The molecule has 3 aromatic rings. The highest BCUT2D eigenvalue weighted by Crippen LogP contribution is 2.27. The first-order valence-corrected chi connectivity index (χ1v) is 9.26. The van der Waals surface area contributed by atoms with Crippen molar-refractivity contribution in [3.05, 3.63) is 69.4 Å². The molecular formula is C20H18ClN3O5. The van der Waals surface area contributed by atoms with Crippen LogP contribution in [0.25, 0.3) is 10.9 Å². The Hall–Kier alpha value is -3.39. The van der Waals surface area contributed by atoms with Crippen LogP contribution in [0.1, 0.15) is 18.4 Å². The molecule has 2 aromatic carbocycles. The maximum atomic E-state index is 11.9. The number of anilines is 1. The van der Waals surface area contributed by atoms with Crippen LogP contribution in [0.5, 0.6) is 0 Å². The van der Waals surface area contributed by atoms with Gasteiger partial charge < -0.3 is 15.0 Å². The number of para-hydroxylation sites is 1. The van der Waals surface area contributed by atoms with E-state index in [0.29, 0.717) is 12.8 Å². The standard InChI is InChI=1S/C20H18ClN3O5/c21-14-8-9-17(18(10-14)24(27)28)23-19(25)12-29-20(26)7-3-4-13-11-22-16-6-2-1-5-15(13)16/h1-2,5-6,8-11,22H,3-4,7,12H2,(H,23,25). The van der Waals surface area contributed by atoms with E-state index in [1.54, 1.807) is 0 Å². The predicted molar refractivity (Wildman–Crippen MR) is 109 cm³/mol. The van der Waals surface area contributed by atoms with Crippen LogP contribution in [0.2, 0.25) is 5.02 Å². The summed E-state index contributed by atoms with van der Waals surface area (Å²) in [5.74, 6) is -1.18. The number of hydrogen-bond acceptors (Lipinski definition) is 5. The average Bonchev–Trinajstić information content (AvgIpc) is 3.11. The number of aromatic amines is 1. The molecule has 0 aliphatic carbocycles. The second kappa shape index (κ2) is 9.20. The van der Waals surface area contributed by atoms with Crippen molar-refractivity contribution in [2.75, 3.05) is 11.9 Å². The Morgan fingerprint density at radius 2 is 2.00 bits per heavy atom. The zero-order valence-electron chi connectivity index (χ0n) is 15.3. The molecule has 9 heteroatoms. The number of amides is 1. The minimum Gasteiger partial charge on any atom is -0.456 e. The van der Waals surface area contributed by atoms with E-state index in [4.69, 9.17) is 16.3 Å². The van der Waals surface area contributed by atoms with Gasteiger partial charge in [0.05, 0.1) is 4.92 Å². The number of hydrogen-bond donors (Lipinski definition) is 2. The highest BCUT2D eigenvalue weighted by Gasteiger charge is 2.17. The molecule has 0 aliphatic heterocycles. The second-order valence-electron chi connectivity index (χ2n) is 6.34. The molecule has 0 radical (unpaired) electrons. The lowest BCUT2D eigenvalue weighted by Crippen LogP contribution is -2.21. The largest absolute Gasteiger partial charge is 0.456 e. The van der Waals surface area contributed by atoms with Crippen molar-refractivity contribution in [2.45, 2.75) is 19.3 Å². The van der Waals surface area contributed by atoms with E-state index < -0.39 is 23.4 Å². The van der Waals surface area contributed by atoms with E-state index in [1.807, 2.05) is 30.5 Å². The molecular weight excluding hydrogens is 398 g/mol. The number of nitro groups is 1. The van der Waals surface area contributed by atoms with E-state index in [-0.39, 0.29) is 22.8 Å². The number of benzene rings is 2. The van der Waals surface area contributed by atoms with E-state index in [2.05, 4.69) is 10.3 Å². The lowest BCUT2D eigenvalue weighted by atomic mass is 10.1. The number of carbonyl (C=O) groups is 2. The summed E-state index contributed by atoms with van der Waals surface area (Å²) in [5.41, 5.74) is 1.80. The lowest BCUT2D eigenvalue weighted by molar-refractivity contribution is -0.383. The van der Waals surface area contributed by atoms with E-state index in [1.165, 1.54) is 12.1 Å². The predicted octanol–water partition coefficient (Wildman–Crippen LogP) is 4.23. The monoisotopic (exact) mass is 415 g/mol. The number of nitro benzene ring substituents is 1. The molecule has 0 aliphatic rings. The number of rotatable bonds is 8. The second-order valence-corrected chi connectivity index (χ2v) is 6.78. The molecule has 1 amide bonds. The van der Waals surface area contributed by atoms with Crippen molar-refractivity contribution in [3.63, 3.8) is 0 Å². The van der Waals surface area contributed by atoms with Gasteiger partial charge >= 0.3 is 5.97 Å². The molecule has 0 atom stereocenters. The molecule has 3 rings (SSSR count). The van der Waals surface area contributed by atoms with Crippen molar-refractivity contribution in [3.8, 4) is 0 Å². The van der Waals surface area contributed by atoms with Gasteiger partial charge in [0, 0.05) is 34.6 Å². The van der Waals surface area contributed by atoms with Crippen LogP contribution < -0.4 is 5.32 Å². The van der Waals surface area contributed by atoms with Crippen molar-refractivity contribution >= 4 is 45.8 Å². The van der Waals surface area contributed by atoms with Crippen LogP contribution in [0.4, 0.5) is 11.4 Å². The van der Waals surface area contributed by atoms with Gasteiger partial charge in [-0.2, -0.15) is 0 Å². The minimum absolute atomic E-state index is 0.0141. The van der Waals surface area contributed by atoms with Crippen molar-refractivity contribution < 1.29 is 19.2 Å². The molecule has 0 saturated heterocycles. The third-order valence-corrected chi connectivity index (χ3v) is 4.53.